The summed E-state index contributed by atoms with van der Waals surface area (Å²) in [6.45, 7) is 0.623. The van der Waals surface area contributed by atoms with Crippen molar-refractivity contribution in [2.24, 2.45) is 17.6 Å². The van der Waals surface area contributed by atoms with Gasteiger partial charge in [0.05, 0.1) is 0 Å². The van der Waals surface area contributed by atoms with Crippen molar-refractivity contribution in [3.8, 4) is 0 Å². The summed E-state index contributed by atoms with van der Waals surface area (Å²) >= 11 is 0. The molecule has 3 atom stereocenters. The molecular weight excluding hydrogens is 474 g/mol. The first kappa shape index (κ1) is 25.5. The predicted octanol–water partition coefficient (Wildman–Crippen LogP) is 2.21. The third-order valence-corrected chi connectivity index (χ3v) is 8.64. The molecule has 4 aliphatic rings. The topological polar surface area (TPSA) is 153 Å². The Labute approximate surface area is 216 Å². The monoisotopic (exact) mass is 509 g/mol. The van der Waals surface area contributed by atoms with E-state index in [1.54, 1.807) is 0 Å². The Hall–Kier alpha value is -3.17. The molecule has 9 heteroatoms. The average molecular weight is 510 g/mol. The zero-order valence-electron chi connectivity index (χ0n) is 21.3. The van der Waals surface area contributed by atoms with E-state index in [2.05, 4.69) is 11.4 Å². The number of anilines is 1. The van der Waals surface area contributed by atoms with Gasteiger partial charge in [0.25, 0.3) is 5.91 Å². The molecule has 2 fully saturated rings. The zero-order valence-corrected chi connectivity index (χ0v) is 21.3. The number of Topliss-reactive ketones (excluding diaryl/α,β-unsaturated/α-hetero) is 2. The number of rotatable bonds is 5. The van der Waals surface area contributed by atoms with Gasteiger partial charge in [-0.15, -0.1) is 0 Å². The quantitative estimate of drug-likeness (QED) is 0.379. The maximum absolute atomic E-state index is 13.7. The highest BCUT2D eigenvalue weighted by atomic mass is 16.3. The third kappa shape index (κ3) is 4.05. The number of aliphatic hydroxyl groups excluding tert-OH is 2. The van der Waals surface area contributed by atoms with Gasteiger partial charge < -0.3 is 31.3 Å². The van der Waals surface area contributed by atoms with Crippen molar-refractivity contribution in [2.45, 2.75) is 69.6 Å². The lowest BCUT2D eigenvalue weighted by molar-refractivity contribution is -0.147. The molecule has 1 aromatic carbocycles. The van der Waals surface area contributed by atoms with E-state index in [4.69, 9.17) is 5.73 Å². The fourth-order valence-electron chi connectivity index (χ4n) is 6.73. The van der Waals surface area contributed by atoms with E-state index in [1.807, 2.05) is 25.1 Å². The number of hydrogen-bond acceptors (Lipinski definition) is 8. The van der Waals surface area contributed by atoms with Gasteiger partial charge >= 0.3 is 0 Å². The minimum absolute atomic E-state index is 0.0260. The zero-order chi connectivity index (χ0) is 26.6. The smallest absolute Gasteiger partial charge is 0.255 e. The number of carbonyl (C=O) groups excluding carboxylic acids is 3. The van der Waals surface area contributed by atoms with Crippen molar-refractivity contribution in [3.05, 3.63) is 45.7 Å². The van der Waals surface area contributed by atoms with Crippen LogP contribution in [0.4, 0.5) is 5.69 Å². The predicted molar refractivity (Wildman–Crippen MR) is 138 cm³/mol. The van der Waals surface area contributed by atoms with E-state index in [0.717, 1.165) is 29.7 Å². The summed E-state index contributed by atoms with van der Waals surface area (Å²) in [6.07, 6.45) is 6.34. The van der Waals surface area contributed by atoms with Crippen LogP contribution in [0.2, 0.25) is 0 Å². The number of aliphatic hydroxyl groups is 3. The van der Waals surface area contributed by atoms with E-state index in [0.29, 0.717) is 24.6 Å². The second-order valence-electron chi connectivity index (χ2n) is 11.2. The molecule has 0 saturated heterocycles. The first-order valence-electron chi connectivity index (χ1n) is 13.1. The maximum atomic E-state index is 13.7. The number of fused-ring (bicyclic) bond motifs is 3. The second-order valence-corrected chi connectivity index (χ2v) is 11.2. The van der Waals surface area contributed by atoms with Gasteiger partial charge in [-0.2, -0.15) is 0 Å². The standard InChI is InChI=1S/C28H35N3O6/c1-31(2)20-9-14(13-30-17-6-4-3-5-7-17)8-19-18(20)11-15-10-16-12-21(32)23(27(29)36)26(35)28(16,37)25(34)22(15)24(19)33/h8-9,15-17,30,33,35,37H,3-7,10-13H2,1-2H3,(H2,29,36)/t15-,16+,28+/m1/s1. The van der Waals surface area contributed by atoms with Crippen molar-refractivity contribution in [1.82, 2.24) is 5.32 Å². The van der Waals surface area contributed by atoms with Gasteiger partial charge in [-0.25, -0.2) is 0 Å². The molecule has 0 heterocycles. The van der Waals surface area contributed by atoms with E-state index in [9.17, 15) is 29.7 Å². The lowest BCUT2D eigenvalue weighted by Gasteiger charge is -2.46. The number of nitrogens with two attached hydrogens (primary N) is 1. The molecule has 0 bridgehead atoms. The summed E-state index contributed by atoms with van der Waals surface area (Å²) in [6, 6.07) is 4.44. The van der Waals surface area contributed by atoms with Gasteiger partial charge in [-0.05, 0) is 54.9 Å². The molecule has 0 radical (unpaired) electrons. The summed E-state index contributed by atoms with van der Waals surface area (Å²) in [5, 5.41) is 37.2. The highest BCUT2D eigenvalue weighted by Crippen LogP contribution is 2.52. The van der Waals surface area contributed by atoms with E-state index in [1.165, 1.54) is 19.3 Å². The summed E-state index contributed by atoms with van der Waals surface area (Å²) < 4.78 is 0. The molecule has 5 rings (SSSR count). The molecule has 6 N–H and O–H groups in total. The van der Waals surface area contributed by atoms with Crippen molar-refractivity contribution in [1.29, 1.82) is 0 Å². The lowest BCUT2D eigenvalue weighted by Crippen LogP contribution is -2.58. The van der Waals surface area contributed by atoms with Crippen LogP contribution in [0.5, 0.6) is 0 Å². The maximum Gasteiger partial charge on any atom is 0.255 e. The van der Waals surface area contributed by atoms with Gasteiger partial charge in [-0.1, -0.05) is 19.3 Å². The highest BCUT2D eigenvalue weighted by molar-refractivity contribution is 6.22. The van der Waals surface area contributed by atoms with Crippen LogP contribution in [0.15, 0.2) is 29.0 Å². The molecule has 0 aromatic heterocycles. The van der Waals surface area contributed by atoms with Crippen molar-refractivity contribution in [2.75, 3.05) is 19.0 Å². The molecule has 198 valence electrons. The number of ketones is 2. The number of primary amides is 1. The van der Waals surface area contributed by atoms with Crippen molar-refractivity contribution in [3.63, 3.8) is 0 Å². The molecule has 4 aliphatic carbocycles. The summed E-state index contributed by atoms with van der Waals surface area (Å²) in [4.78, 5) is 40.0. The van der Waals surface area contributed by atoms with Crippen molar-refractivity contribution >= 4 is 28.9 Å². The van der Waals surface area contributed by atoms with E-state index < -0.39 is 46.2 Å². The minimum atomic E-state index is -2.47. The molecule has 9 nitrogen and oxygen atoms in total. The minimum Gasteiger partial charge on any atom is -0.508 e. The van der Waals surface area contributed by atoms with Crippen LogP contribution in [0.1, 0.15) is 61.6 Å². The van der Waals surface area contributed by atoms with Crippen LogP contribution >= 0.6 is 0 Å². The van der Waals surface area contributed by atoms with Gasteiger partial charge in [0, 0.05) is 55.8 Å². The summed E-state index contributed by atoms with van der Waals surface area (Å²) in [7, 11) is 3.87. The number of nitrogens with one attached hydrogen (secondary N) is 1. The number of amides is 1. The van der Waals surface area contributed by atoms with Crippen LogP contribution in [-0.4, -0.2) is 58.5 Å². The Bertz CT molecular complexity index is 1240. The Morgan fingerprint density at radius 1 is 1.14 bits per heavy atom. The summed E-state index contributed by atoms with van der Waals surface area (Å²) in [5.74, 6) is -5.35. The van der Waals surface area contributed by atoms with Crippen LogP contribution in [0.3, 0.4) is 0 Å². The van der Waals surface area contributed by atoms with Crippen LogP contribution < -0.4 is 16.0 Å². The highest BCUT2D eigenvalue weighted by Gasteiger charge is 2.60. The van der Waals surface area contributed by atoms with Gasteiger partial charge in [0.15, 0.2) is 11.4 Å². The number of carbonyl (C=O) groups is 3. The number of hydrogen-bond donors (Lipinski definition) is 5. The fraction of sp³-hybridized carbons (Fsp3) is 0.536. The number of benzene rings is 1. The molecule has 1 aromatic rings. The molecule has 0 aliphatic heterocycles. The van der Waals surface area contributed by atoms with Crippen LogP contribution in [0.25, 0.3) is 5.76 Å². The normalized spacial score (nSPS) is 28.1. The first-order chi connectivity index (χ1) is 17.5. The molecule has 37 heavy (non-hydrogen) atoms. The Morgan fingerprint density at radius 2 is 1.84 bits per heavy atom. The van der Waals surface area contributed by atoms with Crippen molar-refractivity contribution < 1.29 is 29.7 Å². The molecular formula is C28H35N3O6. The molecule has 0 unspecified atom stereocenters. The van der Waals surface area contributed by atoms with E-state index in [-0.39, 0.29) is 24.2 Å². The van der Waals surface area contributed by atoms with Gasteiger partial charge in [0.1, 0.15) is 17.1 Å². The van der Waals surface area contributed by atoms with Gasteiger partial charge in [-0.3, -0.25) is 14.4 Å². The van der Waals surface area contributed by atoms with Crippen LogP contribution in [-0.2, 0) is 27.3 Å². The lowest BCUT2D eigenvalue weighted by atomic mass is 9.59. The van der Waals surface area contributed by atoms with Crippen LogP contribution in [0, 0.1) is 11.8 Å². The Kier molecular flexibility index (Phi) is 6.40. The number of nitrogens with zero attached hydrogens (tertiary/aromatic N) is 1. The molecule has 0 spiro atoms. The summed E-state index contributed by atoms with van der Waals surface area (Å²) in [5.41, 5.74) is 5.42. The average Bonchev–Trinajstić information content (AvgIpc) is 2.85. The molecule has 1 amide bonds. The SMILES string of the molecule is CN(C)c1cc(CNC2CCCCC2)cc2c1C[C@H]1C[C@H]3CC(=O)C(C(N)=O)=C(O)[C@@]3(O)C(=O)C1=C2O. The first-order valence-corrected chi connectivity index (χ1v) is 13.1. The fourth-order valence-corrected chi connectivity index (χ4v) is 6.73. The Morgan fingerprint density at radius 3 is 2.49 bits per heavy atom. The third-order valence-electron chi connectivity index (χ3n) is 8.64. The van der Waals surface area contributed by atoms with Gasteiger partial charge in [0.2, 0.25) is 5.78 Å². The largest absolute Gasteiger partial charge is 0.508 e. The molecule has 2 saturated carbocycles. The second kappa shape index (κ2) is 9.29. The Balaban J connectivity index is 1.56. The van der Waals surface area contributed by atoms with E-state index >= 15 is 0 Å².